The predicted molar refractivity (Wildman–Crippen MR) is 82.0 cm³/mol. The van der Waals surface area contributed by atoms with E-state index >= 15 is 0 Å². The number of hydrogen-bond donors (Lipinski definition) is 1. The molecule has 0 bridgehead atoms. The Balaban J connectivity index is 1.96. The molecule has 0 aliphatic heterocycles. The van der Waals surface area contributed by atoms with Crippen molar-refractivity contribution in [3.05, 3.63) is 42.1 Å². The van der Waals surface area contributed by atoms with E-state index in [0.717, 1.165) is 23.6 Å². The molecular weight excluding hydrogens is 264 g/mol. The number of hydrogen-bond acceptors (Lipinski definition) is 3. The quantitative estimate of drug-likeness (QED) is 0.888. The second kappa shape index (κ2) is 7.02. The third kappa shape index (κ3) is 4.41. The number of nitrogens with one attached hydrogen (secondary N) is 1. The second-order valence-corrected chi connectivity index (χ2v) is 5.58. The van der Waals surface area contributed by atoms with Gasteiger partial charge in [0, 0.05) is 31.6 Å². The molecule has 5 nitrogen and oxygen atoms in total. The first-order valence-electron chi connectivity index (χ1n) is 7.28. The largest absolute Gasteiger partial charge is 0.352 e. The molecule has 2 aromatic rings. The van der Waals surface area contributed by atoms with Gasteiger partial charge in [-0.1, -0.05) is 13.8 Å². The van der Waals surface area contributed by atoms with Crippen molar-refractivity contribution in [3.63, 3.8) is 0 Å². The number of carbonyl (C=O) groups excluding carboxylic acids is 1. The normalized spacial score (nSPS) is 10.9. The van der Waals surface area contributed by atoms with Gasteiger partial charge in [-0.05, 0) is 37.0 Å². The Hall–Kier alpha value is -2.17. The second-order valence-electron chi connectivity index (χ2n) is 5.58. The average molecular weight is 286 g/mol. The fourth-order valence-electron chi connectivity index (χ4n) is 2.03. The zero-order valence-corrected chi connectivity index (χ0v) is 12.8. The van der Waals surface area contributed by atoms with Crippen LogP contribution in [0.4, 0.5) is 0 Å². The monoisotopic (exact) mass is 286 g/mol. The molecular formula is C16H22N4O. The van der Waals surface area contributed by atoms with Crippen LogP contribution in [0.3, 0.4) is 0 Å². The average Bonchev–Trinajstić information content (AvgIpc) is 2.89. The minimum Gasteiger partial charge on any atom is -0.352 e. The zero-order valence-electron chi connectivity index (χ0n) is 12.8. The number of rotatable bonds is 6. The molecule has 21 heavy (non-hydrogen) atoms. The van der Waals surface area contributed by atoms with Crippen LogP contribution in [0.5, 0.6) is 0 Å². The Kier molecular flexibility index (Phi) is 5.09. The van der Waals surface area contributed by atoms with Gasteiger partial charge in [0.2, 0.25) is 5.91 Å². The highest BCUT2D eigenvalue weighted by molar-refractivity contribution is 5.75. The lowest BCUT2D eigenvalue weighted by molar-refractivity contribution is -0.121. The predicted octanol–water partition coefficient (Wildman–Crippen LogP) is 2.63. The third-order valence-corrected chi connectivity index (χ3v) is 3.32. The van der Waals surface area contributed by atoms with Crippen molar-refractivity contribution in [2.24, 2.45) is 5.92 Å². The summed E-state index contributed by atoms with van der Waals surface area (Å²) in [6.45, 7) is 6.70. The molecule has 2 rings (SSSR count). The van der Waals surface area contributed by atoms with Crippen LogP contribution in [0, 0.1) is 12.8 Å². The van der Waals surface area contributed by atoms with Crippen molar-refractivity contribution in [1.82, 2.24) is 19.9 Å². The van der Waals surface area contributed by atoms with Gasteiger partial charge in [-0.25, -0.2) is 9.97 Å². The van der Waals surface area contributed by atoms with E-state index in [1.807, 2.05) is 29.8 Å². The Labute approximate surface area is 125 Å². The lowest BCUT2D eigenvalue weighted by Crippen LogP contribution is -2.23. The third-order valence-electron chi connectivity index (χ3n) is 3.32. The van der Waals surface area contributed by atoms with Gasteiger partial charge in [0.15, 0.2) is 0 Å². The number of amides is 1. The summed E-state index contributed by atoms with van der Waals surface area (Å²) in [6.07, 6.45) is 6.88. The van der Waals surface area contributed by atoms with Crippen LogP contribution in [0.1, 0.15) is 38.1 Å². The number of imidazole rings is 1. The molecule has 0 unspecified atom stereocenters. The minimum atomic E-state index is 0.0980. The van der Waals surface area contributed by atoms with Crippen LogP contribution in [0.25, 0.3) is 5.82 Å². The van der Waals surface area contributed by atoms with Gasteiger partial charge in [0.1, 0.15) is 11.6 Å². The molecule has 0 radical (unpaired) electrons. The van der Waals surface area contributed by atoms with E-state index in [0.29, 0.717) is 18.9 Å². The Morgan fingerprint density at radius 1 is 1.33 bits per heavy atom. The van der Waals surface area contributed by atoms with E-state index in [9.17, 15) is 4.79 Å². The maximum absolute atomic E-state index is 11.7. The lowest BCUT2D eigenvalue weighted by Gasteiger charge is -2.09. The van der Waals surface area contributed by atoms with Crippen molar-refractivity contribution < 1.29 is 4.79 Å². The summed E-state index contributed by atoms with van der Waals surface area (Å²) >= 11 is 0. The van der Waals surface area contributed by atoms with Gasteiger partial charge >= 0.3 is 0 Å². The summed E-state index contributed by atoms with van der Waals surface area (Å²) in [7, 11) is 0. The fraction of sp³-hybridized carbons (Fsp3) is 0.438. The number of nitrogens with zero attached hydrogens (tertiary/aromatic N) is 3. The standard InChI is InChI=1S/C16H22N4O/c1-12(2)4-5-16(21)19-11-14-6-7-18-15(10-14)20-9-8-17-13(20)3/h6-10,12H,4-5,11H2,1-3H3,(H,19,21). The number of carbonyl (C=O) groups is 1. The first kappa shape index (κ1) is 15.2. The highest BCUT2D eigenvalue weighted by atomic mass is 16.1. The van der Waals surface area contributed by atoms with Crippen LogP contribution in [0.2, 0.25) is 0 Å². The first-order valence-corrected chi connectivity index (χ1v) is 7.28. The molecule has 0 aliphatic rings. The molecule has 2 aromatic heterocycles. The molecule has 0 saturated carbocycles. The Bertz CT molecular complexity index is 604. The molecule has 1 amide bonds. The number of aryl methyl sites for hydroxylation is 1. The van der Waals surface area contributed by atoms with Crippen molar-refractivity contribution in [1.29, 1.82) is 0 Å². The number of pyridine rings is 1. The van der Waals surface area contributed by atoms with E-state index in [-0.39, 0.29) is 5.91 Å². The first-order chi connectivity index (χ1) is 10.1. The van der Waals surface area contributed by atoms with E-state index < -0.39 is 0 Å². The van der Waals surface area contributed by atoms with E-state index in [2.05, 4.69) is 29.1 Å². The molecule has 2 heterocycles. The highest BCUT2D eigenvalue weighted by Gasteiger charge is 2.05. The molecule has 0 saturated heterocycles. The van der Waals surface area contributed by atoms with Gasteiger partial charge in [-0.3, -0.25) is 9.36 Å². The van der Waals surface area contributed by atoms with Crippen molar-refractivity contribution in [3.8, 4) is 5.82 Å². The zero-order chi connectivity index (χ0) is 15.2. The summed E-state index contributed by atoms with van der Waals surface area (Å²) in [5.74, 6) is 2.35. The smallest absolute Gasteiger partial charge is 0.220 e. The molecule has 112 valence electrons. The highest BCUT2D eigenvalue weighted by Crippen LogP contribution is 2.10. The van der Waals surface area contributed by atoms with E-state index in [1.165, 1.54) is 0 Å². The van der Waals surface area contributed by atoms with Gasteiger partial charge < -0.3 is 5.32 Å². The van der Waals surface area contributed by atoms with Crippen molar-refractivity contribution in [2.75, 3.05) is 0 Å². The summed E-state index contributed by atoms with van der Waals surface area (Å²) < 4.78 is 1.92. The van der Waals surface area contributed by atoms with E-state index in [4.69, 9.17) is 0 Å². The summed E-state index contributed by atoms with van der Waals surface area (Å²) in [5, 5.41) is 2.95. The summed E-state index contributed by atoms with van der Waals surface area (Å²) in [6, 6.07) is 3.88. The molecule has 0 atom stereocenters. The molecule has 0 fully saturated rings. The lowest BCUT2D eigenvalue weighted by atomic mass is 10.1. The SMILES string of the molecule is Cc1nccn1-c1cc(CNC(=O)CCC(C)C)ccn1. The van der Waals surface area contributed by atoms with Crippen LogP contribution in [0.15, 0.2) is 30.7 Å². The number of aromatic nitrogens is 3. The molecule has 0 aliphatic carbocycles. The molecule has 0 spiro atoms. The van der Waals surface area contributed by atoms with Crippen molar-refractivity contribution in [2.45, 2.75) is 40.2 Å². The Morgan fingerprint density at radius 3 is 2.81 bits per heavy atom. The van der Waals surface area contributed by atoms with E-state index in [1.54, 1.807) is 12.4 Å². The van der Waals surface area contributed by atoms with Crippen LogP contribution in [-0.2, 0) is 11.3 Å². The van der Waals surface area contributed by atoms with Crippen LogP contribution >= 0.6 is 0 Å². The maximum Gasteiger partial charge on any atom is 0.220 e. The van der Waals surface area contributed by atoms with Crippen LogP contribution in [-0.4, -0.2) is 20.4 Å². The van der Waals surface area contributed by atoms with Gasteiger partial charge in [-0.15, -0.1) is 0 Å². The molecule has 5 heteroatoms. The summed E-state index contributed by atoms with van der Waals surface area (Å²) in [5.41, 5.74) is 1.03. The maximum atomic E-state index is 11.7. The fourth-order valence-corrected chi connectivity index (χ4v) is 2.03. The van der Waals surface area contributed by atoms with Crippen LogP contribution < -0.4 is 5.32 Å². The van der Waals surface area contributed by atoms with Gasteiger partial charge in [0.05, 0.1) is 0 Å². The van der Waals surface area contributed by atoms with Gasteiger partial charge in [-0.2, -0.15) is 0 Å². The van der Waals surface area contributed by atoms with Crippen molar-refractivity contribution >= 4 is 5.91 Å². The molecule has 0 aromatic carbocycles. The van der Waals surface area contributed by atoms with Gasteiger partial charge in [0.25, 0.3) is 0 Å². The molecule has 1 N–H and O–H groups in total. The topological polar surface area (TPSA) is 59.8 Å². The Morgan fingerprint density at radius 2 is 2.14 bits per heavy atom. The minimum absolute atomic E-state index is 0.0980. The summed E-state index contributed by atoms with van der Waals surface area (Å²) in [4.78, 5) is 20.3.